The SMILES string of the molecule is CCC(=O)c1ccc(NC2C=CS(=O)(=O)C2)cc1. The van der Waals surface area contributed by atoms with Crippen LogP contribution in [0.2, 0.25) is 0 Å². The van der Waals surface area contributed by atoms with Crippen molar-refractivity contribution in [3.05, 3.63) is 41.3 Å². The number of hydrogen-bond acceptors (Lipinski definition) is 4. The number of ketones is 1. The second-order valence-corrected chi connectivity index (χ2v) is 6.19. The van der Waals surface area contributed by atoms with Crippen LogP contribution in [0.5, 0.6) is 0 Å². The minimum absolute atomic E-state index is 0.0860. The highest BCUT2D eigenvalue weighted by Crippen LogP contribution is 2.16. The van der Waals surface area contributed by atoms with E-state index in [1.807, 2.05) is 6.92 Å². The lowest BCUT2D eigenvalue weighted by Gasteiger charge is -2.11. The maximum Gasteiger partial charge on any atom is 0.173 e. The van der Waals surface area contributed by atoms with Gasteiger partial charge < -0.3 is 5.32 Å². The zero-order chi connectivity index (χ0) is 13.2. The van der Waals surface area contributed by atoms with Crippen LogP contribution in [0.25, 0.3) is 0 Å². The number of Topliss-reactive ketones (excluding diaryl/α,β-unsaturated/α-hetero) is 1. The lowest BCUT2D eigenvalue weighted by molar-refractivity contribution is 0.0988. The summed E-state index contributed by atoms with van der Waals surface area (Å²) < 4.78 is 22.5. The van der Waals surface area contributed by atoms with Gasteiger partial charge in [-0.05, 0) is 24.3 Å². The highest BCUT2D eigenvalue weighted by atomic mass is 32.2. The van der Waals surface area contributed by atoms with Crippen LogP contribution in [0.15, 0.2) is 35.7 Å². The normalized spacial score (nSPS) is 20.8. The monoisotopic (exact) mass is 265 g/mol. The van der Waals surface area contributed by atoms with Crippen molar-refractivity contribution in [2.24, 2.45) is 0 Å². The van der Waals surface area contributed by atoms with Gasteiger partial charge in [-0.2, -0.15) is 0 Å². The Kier molecular flexibility index (Phi) is 3.52. The molecule has 0 radical (unpaired) electrons. The van der Waals surface area contributed by atoms with Crippen LogP contribution in [0, 0.1) is 0 Å². The van der Waals surface area contributed by atoms with E-state index in [0.717, 1.165) is 5.69 Å². The first kappa shape index (κ1) is 12.8. The number of nitrogens with one attached hydrogen (secondary N) is 1. The van der Waals surface area contributed by atoms with Gasteiger partial charge in [-0.25, -0.2) is 8.42 Å². The fourth-order valence-electron chi connectivity index (χ4n) is 1.84. The number of benzene rings is 1. The molecule has 0 spiro atoms. The maximum absolute atomic E-state index is 11.4. The summed E-state index contributed by atoms with van der Waals surface area (Å²) in [4.78, 5) is 11.4. The van der Waals surface area contributed by atoms with Gasteiger partial charge in [0.25, 0.3) is 0 Å². The molecule has 1 aromatic rings. The standard InChI is InChI=1S/C13H15NO3S/c1-2-13(15)10-3-5-11(6-4-10)14-12-7-8-18(16,17)9-12/h3-8,12,14H,2,9H2,1H3. The Labute approximate surface area is 107 Å². The van der Waals surface area contributed by atoms with E-state index >= 15 is 0 Å². The molecule has 1 heterocycles. The smallest absolute Gasteiger partial charge is 0.173 e. The predicted octanol–water partition coefficient (Wildman–Crippen LogP) is 2.00. The lowest BCUT2D eigenvalue weighted by Crippen LogP contribution is -2.20. The summed E-state index contributed by atoms with van der Waals surface area (Å²) in [6.45, 7) is 1.82. The molecule has 0 fully saturated rings. The van der Waals surface area contributed by atoms with Gasteiger partial charge in [-0.3, -0.25) is 4.79 Å². The summed E-state index contributed by atoms with van der Waals surface area (Å²) >= 11 is 0. The number of anilines is 1. The second kappa shape index (κ2) is 4.94. The first-order chi connectivity index (χ1) is 8.50. The Hall–Kier alpha value is -1.62. The Morgan fingerprint density at radius 2 is 2.00 bits per heavy atom. The van der Waals surface area contributed by atoms with Crippen LogP contribution in [0.3, 0.4) is 0 Å². The molecule has 0 saturated heterocycles. The third-order valence-corrected chi connectivity index (χ3v) is 4.21. The minimum atomic E-state index is -3.04. The van der Waals surface area contributed by atoms with Crippen LogP contribution >= 0.6 is 0 Å². The average molecular weight is 265 g/mol. The van der Waals surface area contributed by atoms with Crippen LogP contribution < -0.4 is 5.32 Å². The lowest BCUT2D eigenvalue weighted by atomic mass is 10.1. The first-order valence-electron chi connectivity index (χ1n) is 5.81. The van der Waals surface area contributed by atoms with Crippen molar-refractivity contribution >= 4 is 21.3 Å². The van der Waals surface area contributed by atoms with E-state index in [0.29, 0.717) is 12.0 Å². The molecule has 0 aliphatic carbocycles. The minimum Gasteiger partial charge on any atom is -0.378 e. The van der Waals surface area contributed by atoms with Crippen molar-refractivity contribution < 1.29 is 13.2 Å². The fraction of sp³-hybridized carbons (Fsp3) is 0.308. The van der Waals surface area contributed by atoms with E-state index < -0.39 is 9.84 Å². The average Bonchev–Trinajstić information content (AvgIpc) is 2.68. The number of carbonyl (C=O) groups is 1. The zero-order valence-electron chi connectivity index (χ0n) is 10.1. The summed E-state index contributed by atoms with van der Waals surface area (Å²) in [6, 6.07) is 6.90. The molecule has 96 valence electrons. The predicted molar refractivity (Wildman–Crippen MR) is 71.4 cm³/mol. The third-order valence-electron chi connectivity index (χ3n) is 2.81. The van der Waals surface area contributed by atoms with Gasteiger partial charge in [0.15, 0.2) is 15.6 Å². The summed E-state index contributed by atoms with van der Waals surface area (Å²) in [5.41, 5.74) is 1.49. The zero-order valence-corrected chi connectivity index (χ0v) is 10.9. The van der Waals surface area contributed by atoms with E-state index in [2.05, 4.69) is 5.32 Å². The molecule has 1 unspecified atom stereocenters. The summed E-state index contributed by atoms with van der Waals surface area (Å²) in [5.74, 6) is 0.188. The highest BCUT2D eigenvalue weighted by Gasteiger charge is 2.21. The molecule has 2 rings (SSSR count). The molecule has 0 amide bonds. The van der Waals surface area contributed by atoms with E-state index in [1.54, 1.807) is 30.3 Å². The largest absolute Gasteiger partial charge is 0.378 e. The molecule has 5 heteroatoms. The molecule has 1 aliphatic rings. The van der Waals surface area contributed by atoms with Crippen molar-refractivity contribution in [2.75, 3.05) is 11.1 Å². The van der Waals surface area contributed by atoms with Crippen LogP contribution in [-0.2, 0) is 9.84 Å². The Bertz CT molecular complexity index is 573. The Morgan fingerprint density at radius 1 is 1.33 bits per heavy atom. The maximum atomic E-state index is 11.4. The molecule has 18 heavy (non-hydrogen) atoms. The summed E-state index contributed by atoms with van der Waals surface area (Å²) in [5, 5.41) is 4.34. The number of hydrogen-bond donors (Lipinski definition) is 1. The molecule has 1 aliphatic heterocycles. The van der Waals surface area contributed by atoms with E-state index in [9.17, 15) is 13.2 Å². The van der Waals surface area contributed by atoms with E-state index in [1.165, 1.54) is 5.41 Å². The first-order valence-corrected chi connectivity index (χ1v) is 7.52. The van der Waals surface area contributed by atoms with Crippen molar-refractivity contribution in [1.29, 1.82) is 0 Å². The van der Waals surface area contributed by atoms with Gasteiger partial charge in [0.05, 0.1) is 11.8 Å². The van der Waals surface area contributed by atoms with Crippen molar-refractivity contribution in [3.8, 4) is 0 Å². The van der Waals surface area contributed by atoms with Gasteiger partial charge in [0.1, 0.15) is 0 Å². The molecule has 1 aromatic carbocycles. The quantitative estimate of drug-likeness (QED) is 0.846. The van der Waals surface area contributed by atoms with Crippen molar-refractivity contribution in [1.82, 2.24) is 0 Å². The van der Waals surface area contributed by atoms with Gasteiger partial charge >= 0.3 is 0 Å². The van der Waals surface area contributed by atoms with E-state index in [-0.39, 0.29) is 17.6 Å². The van der Waals surface area contributed by atoms with Crippen molar-refractivity contribution in [2.45, 2.75) is 19.4 Å². The molecule has 1 N–H and O–H groups in total. The molecular formula is C13H15NO3S. The summed E-state index contributed by atoms with van der Waals surface area (Å²) in [7, 11) is -3.04. The van der Waals surface area contributed by atoms with Gasteiger partial charge in [0, 0.05) is 23.1 Å². The molecule has 0 aromatic heterocycles. The van der Waals surface area contributed by atoms with Gasteiger partial charge in [0.2, 0.25) is 0 Å². The Balaban J connectivity index is 2.04. The number of sulfone groups is 1. The van der Waals surface area contributed by atoms with Crippen molar-refractivity contribution in [3.63, 3.8) is 0 Å². The molecule has 1 atom stereocenters. The molecule has 4 nitrogen and oxygen atoms in total. The number of carbonyl (C=O) groups excluding carboxylic acids is 1. The third kappa shape index (κ3) is 2.98. The number of rotatable bonds is 4. The van der Waals surface area contributed by atoms with Crippen LogP contribution in [-0.4, -0.2) is 26.0 Å². The van der Waals surface area contributed by atoms with Crippen LogP contribution in [0.1, 0.15) is 23.7 Å². The van der Waals surface area contributed by atoms with Gasteiger partial charge in [-0.15, -0.1) is 0 Å². The second-order valence-electron chi connectivity index (χ2n) is 4.26. The highest BCUT2D eigenvalue weighted by molar-refractivity contribution is 7.94. The summed E-state index contributed by atoms with van der Waals surface area (Å²) in [6.07, 6.45) is 2.12. The molecule has 0 saturated carbocycles. The molecule has 0 bridgehead atoms. The fourth-order valence-corrected chi connectivity index (χ4v) is 3.07. The van der Waals surface area contributed by atoms with E-state index in [4.69, 9.17) is 0 Å². The Morgan fingerprint density at radius 3 is 2.50 bits per heavy atom. The molecular weight excluding hydrogens is 250 g/mol. The topological polar surface area (TPSA) is 63.2 Å². The van der Waals surface area contributed by atoms with Crippen LogP contribution in [0.4, 0.5) is 5.69 Å². The van der Waals surface area contributed by atoms with Gasteiger partial charge in [-0.1, -0.05) is 13.0 Å².